The van der Waals surface area contributed by atoms with Gasteiger partial charge in [0.05, 0.1) is 5.69 Å². The van der Waals surface area contributed by atoms with E-state index in [-0.39, 0.29) is 17.3 Å². The van der Waals surface area contributed by atoms with Gasteiger partial charge < -0.3 is 10.6 Å². The minimum atomic E-state index is -0.302. The minimum Gasteiger partial charge on any atom is -0.382 e. The molecular weight excluding hydrogens is 219 g/mol. The van der Waals surface area contributed by atoms with Gasteiger partial charge in [0.15, 0.2) is 0 Å². The number of rotatable bonds is 4. The molecule has 0 bridgehead atoms. The summed E-state index contributed by atoms with van der Waals surface area (Å²) in [6.07, 6.45) is 0.325. The Bertz CT molecular complexity index is 385. The van der Waals surface area contributed by atoms with E-state index in [0.717, 1.165) is 0 Å². The van der Waals surface area contributed by atoms with Crippen LogP contribution >= 0.6 is 0 Å². The van der Waals surface area contributed by atoms with Gasteiger partial charge in [-0.3, -0.25) is 4.79 Å². The SMILES string of the molecule is CC(C)(C)NC(=O)CCNc1ccccc1F. The highest BCUT2D eigenvalue weighted by atomic mass is 19.1. The van der Waals surface area contributed by atoms with Crippen LogP contribution in [0, 0.1) is 5.82 Å². The number of carbonyl (C=O) groups is 1. The Morgan fingerprint density at radius 1 is 1.29 bits per heavy atom. The molecule has 0 saturated carbocycles. The summed E-state index contributed by atoms with van der Waals surface area (Å²) >= 11 is 0. The lowest BCUT2D eigenvalue weighted by atomic mass is 10.1. The third kappa shape index (κ3) is 5.33. The first-order valence-electron chi connectivity index (χ1n) is 5.68. The van der Waals surface area contributed by atoms with Crippen LogP contribution in [-0.2, 0) is 4.79 Å². The van der Waals surface area contributed by atoms with E-state index >= 15 is 0 Å². The lowest BCUT2D eigenvalue weighted by Gasteiger charge is -2.20. The molecule has 0 saturated heterocycles. The Hall–Kier alpha value is -1.58. The molecule has 0 aliphatic heterocycles. The Labute approximate surface area is 101 Å². The third-order valence-electron chi connectivity index (χ3n) is 2.06. The van der Waals surface area contributed by atoms with Gasteiger partial charge in [0, 0.05) is 18.5 Å². The van der Waals surface area contributed by atoms with Crippen LogP contribution in [0.4, 0.5) is 10.1 Å². The van der Waals surface area contributed by atoms with E-state index in [1.54, 1.807) is 18.2 Å². The minimum absolute atomic E-state index is 0.0404. The molecule has 1 rings (SSSR count). The Kier molecular flexibility index (Phi) is 4.49. The van der Waals surface area contributed by atoms with Gasteiger partial charge in [-0.05, 0) is 32.9 Å². The second-order valence-corrected chi connectivity index (χ2v) is 4.95. The summed E-state index contributed by atoms with van der Waals surface area (Å²) < 4.78 is 13.2. The van der Waals surface area contributed by atoms with Crippen molar-refractivity contribution in [2.45, 2.75) is 32.7 Å². The molecule has 1 aromatic carbocycles. The van der Waals surface area contributed by atoms with Crippen molar-refractivity contribution in [1.29, 1.82) is 0 Å². The number of amides is 1. The van der Waals surface area contributed by atoms with Gasteiger partial charge in [0.1, 0.15) is 5.82 Å². The molecule has 2 N–H and O–H groups in total. The summed E-state index contributed by atoms with van der Waals surface area (Å²) in [4.78, 5) is 11.5. The van der Waals surface area contributed by atoms with Crippen LogP contribution in [0.5, 0.6) is 0 Å². The van der Waals surface area contributed by atoms with Gasteiger partial charge in [-0.25, -0.2) is 4.39 Å². The van der Waals surface area contributed by atoms with E-state index in [0.29, 0.717) is 18.7 Å². The highest BCUT2D eigenvalue weighted by Crippen LogP contribution is 2.11. The van der Waals surface area contributed by atoms with Crippen molar-refractivity contribution >= 4 is 11.6 Å². The van der Waals surface area contributed by atoms with E-state index in [2.05, 4.69) is 10.6 Å². The number of para-hydroxylation sites is 1. The van der Waals surface area contributed by atoms with Crippen LogP contribution < -0.4 is 10.6 Å². The number of nitrogens with one attached hydrogen (secondary N) is 2. The lowest BCUT2D eigenvalue weighted by molar-refractivity contribution is -0.122. The molecule has 1 amide bonds. The molecule has 94 valence electrons. The average molecular weight is 238 g/mol. The standard InChI is InChI=1S/C13H19FN2O/c1-13(2,3)16-12(17)8-9-15-11-7-5-4-6-10(11)14/h4-7,15H,8-9H2,1-3H3,(H,16,17). The van der Waals surface area contributed by atoms with Gasteiger partial charge >= 0.3 is 0 Å². The Morgan fingerprint density at radius 2 is 1.94 bits per heavy atom. The van der Waals surface area contributed by atoms with Crippen molar-refractivity contribution in [3.05, 3.63) is 30.1 Å². The summed E-state index contributed by atoms with van der Waals surface area (Å²) in [5, 5.41) is 5.74. The first-order valence-corrected chi connectivity index (χ1v) is 5.68. The number of hydrogen-bond donors (Lipinski definition) is 2. The van der Waals surface area contributed by atoms with Gasteiger partial charge in [0.2, 0.25) is 5.91 Å². The molecule has 0 fully saturated rings. The molecule has 0 atom stereocenters. The van der Waals surface area contributed by atoms with E-state index in [1.807, 2.05) is 20.8 Å². The van der Waals surface area contributed by atoms with Gasteiger partial charge in [0.25, 0.3) is 0 Å². The van der Waals surface area contributed by atoms with E-state index in [1.165, 1.54) is 6.07 Å². The second kappa shape index (κ2) is 5.66. The van der Waals surface area contributed by atoms with E-state index in [4.69, 9.17) is 0 Å². The molecule has 0 radical (unpaired) electrons. The number of halogens is 1. The van der Waals surface area contributed by atoms with Crippen LogP contribution in [-0.4, -0.2) is 18.0 Å². The molecule has 0 aliphatic rings. The zero-order valence-electron chi connectivity index (χ0n) is 10.5. The molecular formula is C13H19FN2O. The zero-order valence-corrected chi connectivity index (χ0v) is 10.5. The second-order valence-electron chi connectivity index (χ2n) is 4.95. The highest BCUT2D eigenvalue weighted by molar-refractivity contribution is 5.77. The first-order chi connectivity index (χ1) is 7.88. The third-order valence-corrected chi connectivity index (χ3v) is 2.06. The van der Waals surface area contributed by atoms with Gasteiger partial charge in [-0.1, -0.05) is 12.1 Å². The van der Waals surface area contributed by atoms with Crippen molar-refractivity contribution < 1.29 is 9.18 Å². The van der Waals surface area contributed by atoms with Crippen LogP contribution in [0.15, 0.2) is 24.3 Å². The van der Waals surface area contributed by atoms with Crippen molar-refractivity contribution in [2.24, 2.45) is 0 Å². The Balaban J connectivity index is 2.34. The van der Waals surface area contributed by atoms with Crippen LogP contribution in [0.25, 0.3) is 0 Å². The predicted molar refractivity (Wildman–Crippen MR) is 67.4 cm³/mol. The van der Waals surface area contributed by atoms with Crippen molar-refractivity contribution in [2.75, 3.05) is 11.9 Å². The molecule has 0 aliphatic carbocycles. The average Bonchev–Trinajstić information content (AvgIpc) is 2.18. The molecule has 0 unspecified atom stereocenters. The van der Waals surface area contributed by atoms with E-state index in [9.17, 15) is 9.18 Å². The maximum atomic E-state index is 13.2. The molecule has 0 heterocycles. The maximum Gasteiger partial charge on any atom is 0.222 e. The fraction of sp³-hybridized carbons (Fsp3) is 0.462. The van der Waals surface area contributed by atoms with Gasteiger partial charge in [-0.15, -0.1) is 0 Å². The normalized spacial score (nSPS) is 11.1. The van der Waals surface area contributed by atoms with Crippen LogP contribution in [0.3, 0.4) is 0 Å². The molecule has 0 aromatic heterocycles. The van der Waals surface area contributed by atoms with Crippen molar-refractivity contribution in [3.8, 4) is 0 Å². The molecule has 3 nitrogen and oxygen atoms in total. The monoisotopic (exact) mass is 238 g/mol. The van der Waals surface area contributed by atoms with Crippen LogP contribution in [0.1, 0.15) is 27.2 Å². The predicted octanol–water partition coefficient (Wildman–Crippen LogP) is 2.54. The van der Waals surface area contributed by atoms with Crippen molar-refractivity contribution in [1.82, 2.24) is 5.32 Å². The summed E-state index contributed by atoms with van der Waals surface area (Å²) in [5.74, 6) is -0.343. The molecule has 1 aromatic rings. The molecule has 4 heteroatoms. The summed E-state index contributed by atoms with van der Waals surface area (Å²) in [5.41, 5.74) is 0.200. The zero-order chi connectivity index (χ0) is 12.9. The smallest absolute Gasteiger partial charge is 0.222 e. The van der Waals surface area contributed by atoms with Gasteiger partial charge in [-0.2, -0.15) is 0 Å². The number of hydrogen-bond acceptors (Lipinski definition) is 2. The fourth-order valence-electron chi connectivity index (χ4n) is 1.40. The molecule has 17 heavy (non-hydrogen) atoms. The van der Waals surface area contributed by atoms with Crippen molar-refractivity contribution in [3.63, 3.8) is 0 Å². The fourth-order valence-corrected chi connectivity index (χ4v) is 1.40. The van der Waals surface area contributed by atoms with Crippen LogP contribution in [0.2, 0.25) is 0 Å². The topological polar surface area (TPSA) is 41.1 Å². The number of carbonyl (C=O) groups excluding carboxylic acids is 1. The highest BCUT2D eigenvalue weighted by Gasteiger charge is 2.13. The summed E-state index contributed by atoms with van der Waals surface area (Å²) in [7, 11) is 0. The molecule has 0 spiro atoms. The number of anilines is 1. The maximum absolute atomic E-state index is 13.2. The van der Waals surface area contributed by atoms with E-state index < -0.39 is 0 Å². The number of benzene rings is 1. The first kappa shape index (κ1) is 13.5. The largest absolute Gasteiger partial charge is 0.382 e. The quantitative estimate of drug-likeness (QED) is 0.846. The Morgan fingerprint density at radius 3 is 2.53 bits per heavy atom. The summed E-state index contributed by atoms with van der Waals surface area (Å²) in [6.45, 7) is 6.20. The summed E-state index contributed by atoms with van der Waals surface area (Å²) in [6, 6.07) is 6.42. The lowest BCUT2D eigenvalue weighted by Crippen LogP contribution is -2.41.